The Labute approximate surface area is 114 Å². The van der Waals surface area contributed by atoms with Crippen molar-refractivity contribution in [3.05, 3.63) is 24.0 Å². The van der Waals surface area contributed by atoms with Crippen LogP contribution in [0.5, 0.6) is 0 Å². The summed E-state index contributed by atoms with van der Waals surface area (Å²) in [4.78, 5) is 19.1. The van der Waals surface area contributed by atoms with Gasteiger partial charge in [0.05, 0.1) is 12.3 Å². The number of carboxylic acids is 1. The number of hydrogen-bond donors (Lipinski definition) is 1. The molecule has 0 spiro atoms. The first-order chi connectivity index (χ1) is 9.10. The van der Waals surface area contributed by atoms with Gasteiger partial charge in [-0.3, -0.25) is 9.48 Å². The highest BCUT2D eigenvalue weighted by Crippen LogP contribution is 2.19. The predicted molar refractivity (Wildman–Crippen MR) is 70.1 cm³/mol. The molecule has 0 amide bonds. The van der Waals surface area contributed by atoms with E-state index in [9.17, 15) is 4.79 Å². The van der Waals surface area contributed by atoms with E-state index in [1.54, 1.807) is 17.2 Å². The largest absolute Gasteiger partial charge is 0.481 e. The molecule has 0 aliphatic rings. The van der Waals surface area contributed by atoms with Gasteiger partial charge in [0.15, 0.2) is 11.0 Å². The molecule has 0 radical (unpaired) electrons. The van der Waals surface area contributed by atoms with Crippen molar-refractivity contribution in [1.82, 2.24) is 24.3 Å². The van der Waals surface area contributed by atoms with Gasteiger partial charge in [0, 0.05) is 18.9 Å². The van der Waals surface area contributed by atoms with E-state index in [0.29, 0.717) is 17.5 Å². The first-order valence-electron chi connectivity index (χ1n) is 5.83. The van der Waals surface area contributed by atoms with Crippen molar-refractivity contribution in [2.24, 2.45) is 7.05 Å². The Morgan fingerprint density at radius 2 is 2.26 bits per heavy atom. The molecule has 19 heavy (non-hydrogen) atoms. The molecule has 2 aromatic heterocycles. The predicted octanol–water partition coefficient (Wildman–Crippen LogP) is 0.799. The van der Waals surface area contributed by atoms with E-state index in [4.69, 9.17) is 5.11 Å². The fourth-order valence-corrected chi connectivity index (χ4v) is 2.40. The molecule has 2 aromatic rings. The van der Waals surface area contributed by atoms with Crippen molar-refractivity contribution < 1.29 is 9.90 Å². The minimum absolute atomic E-state index is 0.00415. The standard InChI is InChI=1S/C11H15N5O2S/c1-3-8-4-12-11(19-6-10(17)18)16(8)5-9-13-7-15(2)14-9/h4,7H,3,5-6H2,1-2H3,(H,17,18). The van der Waals surface area contributed by atoms with Crippen LogP contribution in [0.15, 0.2) is 17.7 Å². The fraction of sp³-hybridized carbons (Fsp3) is 0.455. The van der Waals surface area contributed by atoms with Gasteiger partial charge in [0.1, 0.15) is 6.33 Å². The van der Waals surface area contributed by atoms with Crippen LogP contribution in [0.25, 0.3) is 0 Å². The van der Waals surface area contributed by atoms with Crippen LogP contribution < -0.4 is 0 Å². The molecule has 2 heterocycles. The lowest BCUT2D eigenvalue weighted by Gasteiger charge is -2.07. The maximum atomic E-state index is 10.6. The molecule has 1 N–H and O–H groups in total. The summed E-state index contributed by atoms with van der Waals surface area (Å²) >= 11 is 1.21. The second-order valence-electron chi connectivity index (χ2n) is 3.99. The summed E-state index contributed by atoms with van der Waals surface area (Å²) in [5, 5.41) is 13.7. The first-order valence-corrected chi connectivity index (χ1v) is 6.82. The number of imidazole rings is 1. The molecule has 8 heteroatoms. The van der Waals surface area contributed by atoms with Gasteiger partial charge in [0.2, 0.25) is 0 Å². The van der Waals surface area contributed by atoms with Crippen LogP contribution in [0.2, 0.25) is 0 Å². The van der Waals surface area contributed by atoms with Crippen LogP contribution in [0, 0.1) is 0 Å². The number of aromatic nitrogens is 5. The molecule has 0 saturated heterocycles. The van der Waals surface area contributed by atoms with Gasteiger partial charge in [0.25, 0.3) is 0 Å². The summed E-state index contributed by atoms with van der Waals surface area (Å²) in [7, 11) is 1.81. The third-order valence-electron chi connectivity index (χ3n) is 2.54. The molecule has 2 rings (SSSR count). The average Bonchev–Trinajstić information content (AvgIpc) is 2.94. The highest BCUT2D eigenvalue weighted by atomic mass is 32.2. The van der Waals surface area contributed by atoms with E-state index < -0.39 is 5.97 Å². The van der Waals surface area contributed by atoms with Crippen LogP contribution in [-0.2, 0) is 24.8 Å². The Morgan fingerprint density at radius 3 is 2.84 bits per heavy atom. The Morgan fingerprint density at radius 1 is 1.47 bits per heavy atom. The molecular weight excluding hydrogens is 266 g/mol. The fourth-order valence-electron chi connectivity index (χ4n) is 1.68. The number of rotatable bonds is 6. The number of carbonyl (C=O) groups is 1. The van der Waals surface area contributed by atoms with Crippen molar-refractivity contribution in [3.8, 4) is 0 Å². The molecule has 0 unspecified atom stereocenters. The zero-order valence-corrected chi connectivity index (χ0v) is 11.6. The highest BCUT2D eigenvalue weighted by molar-refractivity contribution is 7.99. The Kier molecular flexibility index (Phi) is 4.20. The average molecular weight is 281 g/mol. The van der Waals surface area contributed by atoms with Gasteiger partial charge in [-0.15, -0.1) is 0 Å². The topological polar surface area (TPSA) is 85.8 Å². The van der Waals surface area contributed by atoms with Gasteiger partial charge in [-0.05, 0) is 6.42 Å². The number of carboxylic acid groups (broad SMARTS) is 1. The summed E-state index contributed by atoms with van der Waals surface area (Å²) in [5.41, 5.74) is 1.04. The van der Waals surface area contributed by atoms with Gasteiger partial charge in [-0.25, -0.2) is 9.97 Å². The molecule has 0 saturated carbocycles. The van der Waals surface area contributed by atoms with Crippen molar-refractivity contribution in [1.29, 1.82) is 0 Å². The lowest BCUT2D eigenvalue weighted by molar-refractivity contribution is -0.133. The van der Waals surface area contributed by atoms with Crippen LogP contribution in [0.4, 0.5) is 0 Å². The molecule has 102 valence electrons. The smallest absolute Gasteiger partial charge is 0.313 e. The zero-order valence-electron chi connectivity index (χ0n) is 10.8. The Balaban J connectivity index is 2.20. The van der Waals surface area contributed by atoms with Crippen LogP contribution in [-0.4, -0.2) is 41.1 Å². The summed E-state index contributed by atoms with van der Waals surface area (Å²) in [5.74, 6) is -0.170. The van der Waals surface area contributed by atoms with E-state index in [1.165, 1.54) is 11.8 Å². The molecule has 7 nitrogen and oxygen atoms in total. The van der Waals surface area contributed by atoms with E-state index in [2.05, 4.69) is 15.1 Å². The Hall–Kier alpha value is -1.83. The zero-order chi connectivity index (χ0) is 13.8. The quantitative estimate of drug-likeness (QED) is 0.788. The number of aryl methyl sites for hydroxylation is 2. The first kappa shape index (κ1) is 13.6. The lowest BCUT2D eigenvalue weighted by Crippen LogP contribution is -2.08. The van der Waals surface area contributed by atoms with Crippen molar-refractivity contribution in [2.75, 3.05) is 5.75 Å². The van der Waals surface area contributed by atoms with Crippen molar-refractivity contribution in [3.63, 3.8) is 0 Å². The SMILES string of the molecule is CCc1cnc(SCC(=O)O)n1Cc1ncn(C)n1. The maximum absolute atomic E-state index is 10.6. The number of thioether (sulfide) groups is 1. The highest BCUT2D eigenvalue weighted by Gasteiger charge is 2.13. The van der Waals surface area contributed by atoms with Gasteiger partial charge < -0.3 is 9.67 Å². The van der Waals surface area contributed by atoms with Crippen LogP contribution in [0.1, 0.15) is 18.4 Å². The molecular formula is C11H15N5O2S. The molecule has 0 fully saturated rings. The van der Waals surface area contributed by atoms with Crippen molar-refractivity contribution in [2.45, 2.75) is 25.0 Å². The minimum Gasteiger partial charge on any atom is -0.481 e. The monoisotopic (exact) mass is 281 g/mol. The lowest BCUT2D eigenvalue weighted by atomic mass is 10.3. The molecule has 0 aliphatic heterocycles. The Bertz CT molecular complexity index is 577. The number of aliphatic carboxylic acids is 1. The third-order valence-corrected chi connectivity index (χ3v) is 3.51. The second kappa shape index (κ2) is 5.87. The molecule has 0 aromatic carbocycles. The molecule has 0 aliphatic carbocycles. The van der Waals surface area contributed by atoms with Gasteiger partial charge >= 0.3 is 5.97 Å². The minimum atomic E-state index is -0.853. The second-order valence-corrected chi connectivity index (χ2v) is 4.93. The number of hydrogen-bond acceptors (Lipinski definition) is 5. The van der Waals surface area contributed by atoms with E-state index in [0.717, 1.165) is 12.1 Å². The maximum Gasteiger partial charge on any atom is 0.313 e. The third kappa shape index (κ3) is 3.34. The number of nitrogens with zero attached hydrogens (tertiary/aromatic N) is 5. The van der Waals surface area contributed by atoms with Gasteiger partial charge in [-0.2, -0.15) is 5.10 Å². The van der Waals surface area contributed by atoms with E-state index in [-0.39, 0.29) is 5.75 Å². The summed E-state index contributed by atoms with van der Waals surface area (Å²) in [6.45, 7) is 2.54. The summed E-state index contributed by atoms with van der Waals surface area (Å²) in [6, 6.07) is 0. The van der Waals surface area contributed by atoms with E-state index >= 15 is 0 Å². The summed E-state index contributed by atoms with van der Waals surface area (Å²) < 4.78 is 3.60. The normalized spacial score (nSPS) is 10.8. The van der Waals surface area contributed by atoms with Crippen LogP contribution in [0.3, 0.4) is 0 Å². The summed E-state index contributed by atoms with van der Waals surface area (Å²) in [6.07, 6.45) is 4.24. The van der Waals surface area contributed by atoms with Crippen LogP contribution >= 0.6 is 11.8 Å². The molecule has 0 atom stereocenters. The van der Waals surface area contributed by atoms with Crippen molar-refractivity contribution >= 4 is 17.7 Å². The molecule has 0 bridgehead atoms. The van der Waals surface area contributed by atoms with Gasteiger partial charge in [-0.1, -0.05) is 18.7 Å². The van der Waals surface area contributed by atoms with E-state index in [1.807, 2.05) is 18.5 Å².